The molecule has 3 rings (SSSR count). The lowest BCUT2D eigenvalue weighted by Crippen LogP contribution is -2.44. The molecule has 0 unspecified atom stereocenters. The molecule has 0 bridgehead atoms. The van der Waals surface area contributed by atoms with E-state index in [1.807, 2.05) is 14.0 Å². The van der Waals surface area contributed by atoms with Gasteiger partial charge in [0.2, 0.25) is 5.91 Å². The predicted molar refractivity (Wildman–Crippen MR) is 81.8 cm³/mol. The Morgan fingerprint density at radius 3 is 2.70 bits per heavy atom. The molecule has 2 fully saturated rings. The summed E-state index contributed by atoms with van der Waals surface area (Å²) in [4.78, 5) is 14.4. The highest BCUT2D eigenvalue weighted by molar-refractivity contribution is 5.81. The first-order valence-electron chi connectivity index (χ1n) is 8.06. The molecule has 0 saturated carbocycles. The van der Waals surface area contributed by atoms with E-state index in [0.29, 0.717) is 5.56 Å². The van der Waals surface area contributed by atoms with Crippen LogP contribution in [0.25, 0.3) is 0 Å². The highest BCUT2D eigenvalue weighted by Crippen LogP contribution is 2.32. The molecule has 23 heavy (non-hydrogen) atoms. The van der Waals surface area contributed by atoms with Crippen LogP contribution >= 0.6 is 0 Å². The summed E-state index contributed by atoms with van der Waals surface area (Å²) < 4.78 is 32.3. The summed E-state index contributed by atoms with van der Waals surface area (Å²) in [5.41, 5.74) is 0.676. The van der Waals surface area contributed by atoms with E-state index in [0.717, 1.165) is 31.9 Å². The normalized spacial score (nSPS) is 31.5. The van der Waals surface area contributed by atoms with Crippen molar-refractivity contribution in [2.24, 2.45) is 0 Å². The number of benzene rings is 1. The van der Waals surface area contributed by atoms with Crippen LogP contribution in [0.5, 0.6) is 0 Å². The lowest BCUT2D eigenvalue weighted by atomic mass is 9.99. The molecule has 0 spiro atoms. The van der Waals surface area contributed by atoms with Crippen molar-refractivity contribution in [1.82, 2.24) is 10.2 Å². The third kappa shape index (κ3) is 3.38. The summed E-state index contributed by atoms with van der Waals surface area (Å²) in [6.07, 6.45) is 2.09. The second-order valence-electron chi connectivity index (χ2n) is 6.52. The number of hydrogen-bond donors (Lipinski definition) is 1. The molecule has 0 aliphatic carbocycles. The summed E-state index contributed by atoms with van der Waals surface area (Å²) in [6.45, 7) is 2.75. The van der Waals surface area contributed by atoms with Gasteiger partial charge in [0.15, 0.2) is 11.6 Å². The van der Waals surface area contributed by atoms with E-state index in [9.17, 15) is 13.6 Å². The molecule has 4 nitrogen and oxygen atoms in total. The number of carbonyl (C=O) groups is 1. The topological polar surface area (TPSA) is 41.6 Å². The van der Waals surface area contributed by atoms with Crippen LogP contribution in [0.1, 0.15) is 37.8 Å². The van der Waals surface area contributed by atoms with Crippen molar-refractivity contribution < 1.29 is 18.3 Å². The average Bonchev–Trinajstić information content (AvgIpc) is 3.09. The summed E-state index contributed by atoms with van der Waals surface area (Å²) in [6, 6.07) is 3.65. The molecule has 1 aromatic carbocycles. The van der Waals surface area contributed by atoms with Crippen LogP contribution in [0.4, 0.5) is 8.78 Å². The minimum Gasteiger partial charge on any atom is -0.365 e. The molecule has 0 aromatic heterocycles. The summed E-state index contributed by atoms with van der Waals surface area (Å²) >= 11 is 0. The number of likely N-dealkylation sites (N-methyl/N-ethyl adjacent to an activating group) is 1. The Labute approximate surface area is 134 Å². The Morgan fingerprint density at radius 1 is 1.26 bits per heavy atom. The monoisotopic (exact) mass is 324 g/mol. The van der Waals surface area contributed by atoms with Crippen LogP contribution in [-0.2, 0) is 9.53 Å². The van der Waals surface area contributed by atoms with Crippen LogP contribution in [0.3, 0.4) is 0 Å². The Bertz CT molecular complexity index is 596. The number of nitrogens with zero attached hydrogens (tertiary/aromatic N) is 1. The van der Waals surface area contributed by atoms with Crippen LogP contribution in [0, 0.1) is 11.6 Å². The average molecular weight is 324 g/mol. The minimum absolute atomic E-state index is 0.109. The van der Waals surface area contributed by atoms with Gasteiger partial charge in [0, 0.05) is 12.6 Å². The second-order valence-corrected chi connectivity index (χ2v) is 6.52. The van der Waals surface area contributed by atoms with E-state index in [4.69, 9.17) is 4.74 Å². The molecule has 1 aromatic rings. The van der Waals surface area contributed by atoms with E-state index in [2.05, 4.69) is 10.2 Å². The maximum atomic E-state index is 13.5. The highest BCUT2D eigenvalue weighted by Gasteiger charge is 2.37. The van der Waals surface area contributed by atoms with Gasteiger partial charge in [-0.2, -0.15) is 0 Å². The Hall–Kier alpha value is -1.53. The van der Waals surface area contributed by atoms with Gasteiger partial charge in [0.25, 0.3) is 0 Å². The Kier molecular flexibility index (Phi) is 4.64. The molecular weight excluding hydrogens is 302 g/mol. The van der Waals surface area contributed by atoms with Gasteiger partial charge >= 0.3 is 0 Å². The summed E-state index contributed by atoms with van der Waals surface area (Å²) in [5.74, 6) is -1.83. The molecule has 6 heteroatoms. The molecule has 1 N–H and O–H groups in total. The van der Waals surface area contributed by atoms with Crippen molar-refractivity contribution in [1.29, 1.82) is 0 Å². The number of ether oxygens (including phenoxy) is 1. The van der Waals surface area contributed by atoms with Crippen LogP contribution in [0.15, 0.2) is 18.2 Å². The maximum Gasteiger partial charge on any atom is 0.249 e. The molecular formula is C17H22F2N2O2. The first-order chi connectivity index (χ1) is 11.0. The van der Waals surface area contributed by atoms with Crippen LogP contribution < -0.4 is 5.32 Å². The lowest BCUT2D eigenvalue weighted by molar-refractivity contribution is -0.132. The van der Waals surface area contributed by atoms with E-state index >= 15 is 0 Å². The van der Waals surface area contributed by atoms with Crippen molar-refractivity contribution >= 4 is 5.91 Å². The van der Waals surface area contributed by atoms with Gasteiger partial charge in [0.05, 0.1) is 12.1 Å². The van der Waals surface area contributed by atoms with E-state index in [1.165, 1.54) is 6.07 Å². The first kappa shape index (κ1) is 16.3. The fourth-order valence-corrected chi connectivity index (χ4v) is 3.55. The summed E-state index contributed by atoms with van der Waals surface area (Å²) in [5, 5.41) is 3.03. The molecule has 1 amide bonds. The Balaban J connectivity index is 1.73. The number of hydrogen-bond acceptors (Lipinski definition) is 3. The Morgan fingerprint density at radius 2 is 2.04 bits per heavy atom. The van der Waals surface area contributed by atoms with E-state index in [-0.39, 0.29) is 24.1 Å². The van der Waals surface area contributed by atoms with Gasteiger partial charge in [-0.3, -0.25) is 9.69 Å². The van der Waals surface area contributed by atoms with Crippen molar-refractivity contribution in [3.63, 3.8) is 0 Å². The molecule has 2 aliphatic rings. The number of rotatable bonds is 3. The predicted octanol–water partition coefficient (Wildman–Crippen LogP) is 2.39. The zero-order valence-corrected chi connectivity index (χ0v) is 13.4. The van der Waals surface area contributed by atoms with Gasteiger partial charge in [0.1, 0.15) is 6.10 Å². The van der Waals surface area contributed by atoms with Gasteiger partial charge in [-0.25, -0.2) is 8.78 Å². The summed E-state index contributed by atoms with van der Waals surface area (Å²) in [7, 11) is 1.92. The van der Waals surface area contributed by atoms with Crippen molar-refractivity contribution in [2.45, 2.75) is 50.5 Å². The number of nitrogens with one attached hydrogen (secondary N) is 1. The standard InChI is InChI=1S/C17H22F2N2O2/c1-10-3-6-15(23-10)17(22)20-14-7-8-21(2)16(14)11-4-5-12(18)13(19)9-11/h4-5,9-10,14-16H,3,6-8H2,1-2H3,(H,20,22)/t10-,14+,15-,16-/m1/s1. The third-order valence-corrected chi connectivity index (χ3v) is 4.79. The molecule has 2 heterocycles. The fraction of sp³-hybridized carbons (Fsp3) is 0.588. The zero-order valence-electron chi connectivity index (χ0n) is 13.4. The SMILES string of the molecule is C[C@@H]1CC[C@H](C(=O)N[C@H]2CCN(C)[C@@H]2c2ccc(F)c(F)c2)O1. The maximum absolute atomic E-state index is 13.5. The molecule has 2 saturated heterocycles. The fourth-order valence-electron chi connectivity index (χ4n) is 3.55. The van der Waals surface area contributed by atoms with Gasteiger partial charge in [-0.1, -0.05) is 6.07 Å². The van der Waals surface area contributed by atoms with Gasteiger partial charge in [-0.05, 0) is 50.9 Å². The van der Waals surface area contributed by atoms with Crippen molar-refractivity contribution in [2.75, 3.05) is 13.6 Å². The van der Waals surface area contributed by atoms with E-state index in [1.54, 1.807) is 6.07 Å². The van der Waals surface area contributed by atoms with Crippen LogP contribution in [0.2, 0.25) is 0 Å². The molecule has 0 radical (unpaired) electrons. The zero-order chi connectivity index (χ0) is 16.6. The van der Waals surface area contributed by atoms with Crippen molar-refractivity contribution in [3.05, 3.63) is 35.4 Å². The molecule has 4 atom stereocenters. The number of likely N-dealkylation sites (tertiary alicyclic amines) is 1. The number of amides is 1. The second kappa shape index (κ2) is 6.53. The van der Waals surface area contributed by atoms with E-state index < -0.39 is 17.7 Å². The highest BCUT2D eigenvalue weighted by atomic mass is 19.2. The van der Waals surface area contributed by atoms with Crippen molar-refractivity contribution in [3.8, 4) is 0 Å². The first-order valence-corrected chi connectivity index (χ1v) is 8.06. The number of halogens is 2. The number of carbonyl (C=O) groups excluding carboxylic acids is 1. The molecule has 2 aliphatic heterocycles. The largest absolute Gasteiger partial charge is 0.365 e. The smallest absolute Gasteiger partial charge is 0.249 e. The van der Waals surface area contributed by atoms with Crippen LogP contribution in [-0.4, -0.2) is 42.6 Å². The third-order valence-electron chi connectivity index (χ3n) is 4.79. The molecule has 126 valence electrons. The lowest BCUT2D eigenvalue weighted by Gasteiger charge is -2.27. The van der Waals surface area contributed by atoms with Gasteiger partial charge < -0.3 is 10.1 Å². The quantitative estimate of drug-likeness (QED) is 0.928. The minimum atomic E-state index is -0.860. The van der Waals surface area contributed by atoms with Gasteiger partial charge in [-0.15, -0.1) is 0 Å².